The molecule has 3 atom stereocenters. The van der Waals surface area contributed by atoms with Crippen LogP contribution < -0.4 is 0 Å². The summed E-state index contributed by atoms with van der Waals surface area (Å²) in [5, 5.41) is 20.0. The molecule has 0 radical (unpaired) electrons. The monoisotopic (exact) mass is 344 g/mol. The molecule has 0 amide bonds. The average Bonchev–Trinajstić information content (AvgIpc) is 2.41. The zero-order valence-electron chi connectivity index (χ0n) is 16.6. The molecule has 0 aromatic rings. The summed E-state index contributed by atoms with van der Waals surface area (Å²) < 4.78 is 6.51. The van der Waals surface area contributed by atoms with Crippen molar-refractivity contribution in [2.75, 3.05) is 13.2 Å². The molecule has 0 saturated heterocycles. The van der Waals surface area contributed by atoms with Crippen molar-refractivity contribution >= 4 is 8.32 Å². The van der Waals surface area contributed by atoms with Gasteiger partial charge in [0.15, 0.2) is 8.32 Å². The first-order chi connectivity index (χ1) is 10.5. The quantitative estimate of drug-likeness (QED) is 0.420. The zero-order valence-corrected chi connectivity index (χ0v) is 17.6. The molecule has 3 nitrogen and oxygen atoms in total. The van der Waals surface area contributed by atoms with E-state index in [9.17, 15) is 10.2 Å². The van der Waals surface area contributed by atoms with Crippen LogP contribution in [0.15, 0.2) is 12.2 Å². The number of hydrogen-bond acceptors (Lipinski definition) is 3. The highest BCUT2D eigenvalue weighted by Gasteiger charge is 2.45. The largest absolute Gasteiger partial charge is 0.416 e. The molecule has 4 heteroatoms. The summed E-state index contributed by atoms with van der Waals surface area (Å²) in [5.74, 6) is -0.0541. The smallest absolute Gasteiger partial charge is 0.200 e. The number of aliphatic hydroxyl groups is 2. The van der Waals surface area contributed by atoms with Gasteiger partial charge in [0.25, 0.3) is 0 Å². The summed E-state index contributed by atoms with van der Waals surface area (Å²) in [6, 6.07) is 0. The third-order valence-corrected chi connectivity index (χ3v) is 11.5. The van der Waals surface area contributed by atoms with Gasteiger partial charge in [0, 0.05) is 19.1 Å². The van der Waals surface area contributed by atoms with E-state index in [4.69, 9.17) is 4.43 Å². The minimum absolute atomic E-state index is 0.0183. The van der Waals surface area contributed by atoms with E-state index >= 15 is 0 Å². The molecule has 0 aliphatic rings. The third kappa shape index (κ3) is 5.70. The van der Waals surface area contributed by atoms with E-state index in [1.807, 2.05) is 13.8 Å². The van der Waals surface area contributed by atoms with Crippen molar-refractivity contribution in [3.05, 3.63) is 12.2 Å². The molecule has 23 heavy (non-hydrogen) atoms. The molecule has 0 bridgehead atoms. The molecule has 0 aromatic carbocycles. The van der Waals surface area contributed by atoms with Crippen molar-refractivity contribution in [1.29, 1.82) is 0 Å². The van der Waals surface area contributed by atoms with Crippen LogP contribution in [0.4, 0.5) is 0 Å². The van der Waals surface area contributed by atoms with Gasteiger partial charge in [-0.25, -0.2) is 0 Å². The van der Waals surface area contributed by atoms with Gasteiger partial charge in [-0.05, 0) is 35.9 Å². The van der Waals surface area contributed by atoms with Crippen LogP contribution in [0, 0.1) is 11.8 Å². The molecule has 0 aliphatic carbocycles. The third-order valence-electron chi connectivity index (χ3n) is 5.36. The fourth-order valence-electron chi connectivity index (χ4n) is 4.34. The highest BCUT2D eigenvalue weighted by molar-refractivity contribution is 6.77. The Balaban J connectivity index is 4.92. The highest BCUT2D eigenvalue weighted by atomic mass is 28.4. The van der Waals surface area contributed by atoms with Gasteiger partial charge in [-0.3, -0.25) is 0 Å². The van der Waals surface area contributed by atoms with Crippen LogP contribution in [0.5, 0.6) is 0 Å². The van der Waals surface area contributed by atoms with Gasteiger partial charge >= 0.3 is 0 Å². The van der Waals surface area contributed by atoms with E-state index in [0.29, 0.717) is 29.7 Å². The fourth-order valence-corrected chi connectivity index (χ4v) is 9.81. The average molecular weight is 345 g/mol. The molecule has 0 rings (SSSR count). The lowest BCUT2D eigenvalue weighted by molar-refractivity contribution is 0.0547. The standard InChI is InChI=1S/C19H40O3Si/c1-13(2)19(17(9)12-20)18(21)10-11-22-23(14(3)4,15(5)6)16(7)8/h14-21H,1,10-12H2,2-9H3/t17-,18-,19+/m1/s1. The van der Waals surface area contributed by atoms with E-state index in [1.165, 1.54) is 0 Å². The van der Waals surface area contributed by atoms with Crippen molar-refractivity contribution in [2.24, 2.45) is 11.8 Å². The minimum atomic E-state index is -1.87. The van der Waals surface area contributed by atoms with Crippen LogP contribution in [-0.4, -0.2) is 37.8 Å². The van der Waals surface area contributed by atoms with Gasteiger partial charge in [0.2, 0.25) is 0 Å². The van der Waals surface area contributed by atoms with Crippen molar-refractivity contribution in [1.82, 2.24) is 0 Å². The van der Waals surface area contributed by atoms with E-state index in [2.05, 4.69) is 48.1 Å². The Bertz CT molecular complexity index is 331. The number of hydrogen-bond donors (Lipinski definition) is 2. The van der Waals surface area contributed by atoms with Crippen LogP contribution in [0.1, 0.15) is 61.8 Å². The molecule has 0 fully saturated rings. The second kappa shape index (κ2) is 9.97. The van der Waals surface area contributed by atoms with Crippen molar-refractivity contribution < 1.29 is 14.6 Å². The fraction of sp³-hybridized carbons (Fsp3) is 0.895. The van der Waals surface area contributed by atoms with Crippen LogP contribution in [-0.2, 0) is 4.43 Å². The molecule has 0 unspecified atom stereocenters. The predicted octanol–water partition coefficient (Wildman–Crippen LogP) is 4.75. The summed E-state index contributed by atoms with van der Waals surface area (Å²) in [5.41, 5.74) is 2.58. The number of rotatable bonds is 11. The molecule has 0 aromatic heterocycles. The minimum Gasteiger partial charge on any atom is -0.416 e. The molecular formula is C19H40O3Si. The van der Waals surface area contributed by atoms with Gasteiger partial charge in [-0.1, -0.05) is 60.6 Å². The Kier molecular flexibility index (Phi) is 9.90. The van der Waals surface area contributed by atoms with Gasteiger partial charge in [0.05, 0.1) is 6.10 Å². The van der Waals surface area contributed by atoms with E-state index < -0.39 is 14.4 Å². The van der Waals surface area contributed by atoms with Crippen LogP contribution in [0.25, 0.3) is 0 Å². The van der Waals surface area contributed by atoms with Gasteiger partial charge < -0.3 is 14.6 Å². The molecular weight excluding hydrogens is 304 g/mol. The molecule has 0 spiro atoms. The van der Waals surface area contributed by atoms with Gasteiger partial charge in [-0.2, -0.15) is 0 Å². The second-order valence-electron chi connectivity index (χ2n) is 8.05. The topological polar surface area (TPSA) is 49.7 Å². The SMILES string of the molecule is C=C(C)[C@@H]([C@H](C)CO)[C@H](O)CCO[Si](C(C)C)(C(C)C)C(C)C. The van der Waals surface area contributed by atoms with Crippen molar-refractivity contribution in [3.63, 3.8) is 0 Å². The second-order valence-corrected chi connectivity index (χ2v) is 13.5. The van der Waals surface area contributed by atoms with Gasteiger partial charge in [-0.15, -0.1) is 0 Å². The first kappa shape index (κ1) is 22.8. The zero-order chi connectivity index (χ0) is 18.4. The van der Waals surface area contributed by atoms with E-state index in [1.54, 1.807) is 0 Å². The molecule has 0 aliphatic heterocycles. The number of aliphatic hydroxyl groups excluding tert-OH is 2. The molecule has 2 N–H and O–H groups in total. The first-order valence-electron chi connectivity index (χ1n) is 9.10. The Morgan fingerprint density at radius 2 is 1.43 bits per heavy atom. The summed E-state index contributed by atoms with van der Waals surface area (Å²) >= 11 is 0. The van der Waals surface area contributed by atoms with E-state index in [0.717, 1.165) is 5.57 Å². The lowest BCUT2D eigenvalue weighted by Crippen LogP contribution is -2.48. The van der Waals surface area contributed by atoms with Crippen LogP contribution in [0.3, 0.4) is 0 Å². The van der Waals surface area contributed by atoms with E-state index in [-0.39, 0.29) is 18.4 Å². The summed E-state index contributed by atoms with van der Waals surface area (Å²) in [7, 11) is -1.87. The molecule has 0 saturated carbocycles. The Morgan fingerprint density at radius 3 is 1.74 bits per heavy atom. The Morgan fingerprint density at radius 1 is 1.00 bits per heavy atom. The van der Waals surface area contributed by atoms with Crippen LogP contribution in [0.2, 0.25) is 16.6 Å². The summed E-state index contributed by atoms with van der Waals surface area (Å²) in [4.78, 5) is 0. The summed E-state index contributed by atoms with van der Waals surface area (Å²) in [6.07, 6.45) is 0.0933. The normalized spacial score (nSPS) is 16.9. The lowest BCUT2D eigenvalue weighted by Gasteiger charge is -2.42. The van der Waals surface area contributed by atoms with Crippen molar-refractivity contribution in [2.45, 2.75) is 84.5 Å². The predicted molar refractivity (Wildman–Crippen MR) is 102 cm³/mol. The van der Waals surface area contributed by atoms with Crippen molar-refractivity contribution in [3.8, 4) is 0 Å². The Hall–Kier alpha value is -0.163. The first-order valence-corrected chi connectivity index (χ1v) is 11.2. The maximum Gasteiger partial charge on any atom is 0.200 e. The Labute approximate surface area is 145 Å². The maximum absolute atomic E-state index is 10.6. The maximum atomic E-state index is 10.6. The van der Waals surface area contributed by atoms with Gasteiger partial charge in [0.1, 0.15) is 0 Å². The highest BCUT2D eigenvalue weighted by Crippen LogP contribution is 2.42. The summed E-state index contributed by atoms with van der Waals surface area (Å²) in [6.45, 7) is 22.1. The van der Waals surface area contributed by atoms with Crippen LogP contribution >= 0.6 is 0 Å². The molecule has 138 valence electrons. The molecule has 0 heterocycles. The lowest BCUT2D eigenvalue weighted by atomic mass is 9.83.